The van der Waals surface area contributed by atoms with Gasteiger partial charge in [-0.15, -0.1) is 11.3 Å². The lowest BCUT2D eigenvalue weighted by molar-refractivity contribution is 0.949. The SMILES string of the molecule is Nc1ccc(CCc2nc3cccc(Cl)c3s2)cc1. The molecule has 0 atom stereocenters. The van der Waals surface area contributed by atoms with Crippen LogP contribution < -0.4 is 5.73 Å². The number of aromatic nitrogens is 1. The molecule has 0 amide bonds. The summed E-state index contributed by atoms with van der Waals surface area (Å²) in [7, 11) is 0. The van der Waals surface area contributed by atoms with Crippen molar-refractivity contribution in [3.05, 3.63) is 58.1 Å². The number of nitrogens with zero attached hydrogens (tertiary/aromatic N) is 1. The molecule has 0 aliphatic heterocycles. The third-order valence-corrected chi connectivity index (χ3v) is 4.61. The van der Waals surface area contributed by atoms with E-state index in [4.69, 9.17) is 17.3 Å². The maximum atomic E-state index is 6.16. The molecule has 0 fully saturated rings. The van der Waals surface area contributed by atoms with E-state index in [-0.39, 0.29) is 0 Å². The van der Waals surface area contributed by atoms with Crippen molar-refractivity contribution in [3.63, 3.8) is 0 Å². The van der Waals surface area contributed by atoms with Crippen molar-refractivity contribution in [3.8, 4) is 0 Å². The predicted octanol–water partition coefficient (Wildman–Crippen LogP) is 4.32. The Kier molecular flexibility index (Phi) is 3.40. The Balaban J connectivity index is 1.78. The van der Waals surface area contributed by atoms with Crippen LogP contribution in [0.1, 0.15) is 10.6 Å². The Bertz CT molecular complexity index is 704. The highest BCUT2D eigenvalue weighted by molar-refractivity contribution is 7.19. The quantitative estimate of drug-likeness (QED) is 0.729. The van der Waals surface area contributed by atoms with Crippen molar-refractivity contribution in [1.29, 1.82) is 0 Å². The summed E-state index contributed by atoms with van der Waals surface area (Å²) >= 11 is 7.84. The van der Waals surface area contributed by atoms with Crippen molar-refractivity contribution >= 4 is 38.8 Å². The summed E-state index contributed by atoms with van der Waals surface area (Å²) in [5, 5.41) is 1.91. The summed E-state index contributed by atoms with van der Waals surface area (Å²) in [6.45, 7) is 0. The van der Waals surface area contributed by atoms with Crippen LogP contribution >= 0.6 is 22.9 Å². The van der Waals surface area contributed by atoms with Crippen LogP contribution in [0.15, 0.2) is 42.5 Å². The number of aryl methyl sites for hydroxylation is 2. The second kappa shape index (κ2) is 5.19. The number of benzene rings is 2. The normalized spacial score (nSPS) is 11.0. The predicted molar refractivity (Wildman–Crippen MR) is 82.9 cm³/mol. The van der Waals surface area contributed by atoms with Crippen LogP contribution in [0, 0.1) is 0 Å². The first-order valence-electron chi connectivity index (χ1n) is 6.11. The van der Waals surface area contributed by atoms with E-state index in [1.807, 2.05) is 30.3 Å². The Labute approximate surface area is 120 Å². The van der Waals surface area contributed by atoms with Gasteiger partial charge in [0.05, 0.1) is 20.2 Å². The molecule has 0 bridgehead atoms. The van der Waals surface area contributed by atoms with Gasteiger partial charge in [-0.05, 0) is 36.2 Å². The molecule has 0 unspecified atom stereocenters. The van der Waals surface area contributed by atoms with Gasteiger partial charge in [0.15, 0.2) is 0 Å². The summed E-state index contributed by atoms with van der Waals surface area (Å²) in [5.74, 6) is 0. The van der Waals surface area contributed by atoms with Gasteiger partial charge in [-0.2, -0.15) is 0 Å². The van der Waals surface area contributed by atoms with Crippen LogP contribution in [0.4, 0.5) is 5.69 Å². The Morgan fingerprint density at radius 3 is 2.58 bits per heavy atom. The van der Waals surface area contributed by atoms with Gasteiger partial charge in [0.2, 0.25) is 0 Å². The van der Waals surface area contributed by atoms with Crippen molar-refractivity contribution < 1.29 is 0 Å². The van der Waals surface area contributed by atoms with E-state index in [9.17, 15) is 0 Å². The van der Waals surface area contributed by atoms with Crippen molar-refractivity contribution in [2.24, 2.45) is 0 Å². The molecular formula is C15H13ClN2S. The van der Waals surface area contributed by atoms with Crippen molar-refractivity contribution in [2.75, 3.05) is 5.73 Å². The van der Waals surface area contributed by atoms with E-state index in [0.717, 1.165) is 38.8 Å². The summed E-state index contributed by atoms with van der Waals surface area (Å²) in [6.07, 6.45) is 1.90. The minimum absolute atomic E-state index is 0.786. The van der Waals surface area contributed by atoms with E-state index in [2.05, 4.69) is 17.1 Å². The number of hydrogen-bond donors (Lipinski definition) is 1. The van der Waals surface area contributed by atoms with E-state index in [1.54, 1.807) is 11.3 Å². The van der Waals surface area contributed by atoms with E-state index in [1.165, 1.54) is 5.56 Å². The maximum absolute atomic E-state index is 6.16. The molecule has 3 rings (SSSR count). The first kappa shape index (κ1) is 12.5. The highest BCUT2D eigenvalue weighted by atomic mass is 35.5. The average Bonchev–Trinajstić information content (AvgIpc) is 2.83. The van der Waals surface area contributed by atoms with Gasteiger partial charge in [0, 0.05) is 12.1 Å². The molecule has 96 valence electrons. The molecule has 0 aliphatic carbocycles. The molecule has 2 aromatic carbocycles. The Hall–Kier alpha value is -1.58. The number of nitrogen functional groups attached to an aromatic ring is 1. The van der Waals surface area contributed by atoms with Crippen LogP contribution in [-0.2, 0) is 12.8 Å². The summed E-state index contributed by atoms with van der Waals surface area (Å²) in [6, 6.07) is 13.9. The molecule has 1 aromatic heterocycles. The number of halogens is 1. The fourth-order valence-electron chi connectivity index (χ4n) is 2.00. The molecule has 0 spiro atoms. The van der Waals surface area contributed by atoms with Gasteiger partial charge < -0.3 is 5.73 Å². The highest BCUT2D eigenvalue weighted by Gasteiger charge is 2.06. The second-order valence-corrected chi connectivity index (χ2v) is 5.93. The summed E-state index contributed by atoms with van der Waals surface area (Å²) in [4.78, 5) is 4.62. The molecule has 0 aliphatic rings. The number of fused-ring (bicyclic) bond motifs is 1. The first-order valence-corrected chi connectivity index (χ1v) is 7.30. The van der Waals surface area contributed by atoms with E-state index in [0.29, 0.717) is 0 Å². The zero-order valence-electron chi connectivity index (χ0n) is 10.3. The van der Waals surface area contributed by atoms with Crippen LogP contribution in [0.3, 0.4) is 0 Å². The fraction of sp³-hybridized carbons (Fsp3) is 0.133. The van der Waals surface area contributed by atoms with Crippen LogP contribution in [0.5, 0.6) is 0 Å². The third kappa shape index (κ3) is 2.72. The molecule has 2 nitrogen and oxygen atoms in total. The van der Waals surface area contributed by atoms with Gasteiger partial charge in [-0.3, -0.25) is 0 Å². The first-order chi connectivity index (χ1) is 9.22. The lowest BCUT2D eigenvalue weighted by atomic mass is 10.1. The maximum Gasteiger partial charge on any atom is 0.0942 e. The van der Waals surface area contributed by atoms with Crippen LogP contribution in [0.2, 0.25) is 5.02 Å². The number of hydrogen-bond acceptors (Lipinski definition) is 3. The summed E-state index contributed by atoms with van der Waals surface area (Å²) < 4.78 is 1.08. The Morgan fingerprint density at radius 2 is 1.84 bits per heavy atom. The zero-order valence-corrected chi connectivity index (χ0v) is 11.8. The molecule has 0 saturated carbocycles. The number of nitrogens with two attached hydrogens (primary N) is 1. The lowest BCUT2D eigenvalue weighted by Gasteiger charge is -1.99. The molecule has 3 aromatic rings. The molecule has 0 saturated heterocycles. The second-order valence-electron chi connectivity index (χ2n) is 4.44. The summed E-state index contributed by atoms with van der Waals surface area (Å²) in [5.41, 5.74) is 8.75. The van der Waals surface area contributed by atoms with Crippen LogP contribution in [-0.4, -0.2) is 4.98 Å². The highest BCUT2D eigenvalue weighted by Crippen LogP contribution is 2.29. The smallest absolute Gasteiger partial charge is 0.0942 e. The molecular weight excluding hydrogens is 276 g/mol. The van der Waals surface area contributed by atoms with Crippen LogP contribution in [0.25, 0.3) is 10.2 Å². The number of thiazole rings is 1. The van der Waals surface area contributed by atoms with Gasteiger partial charge in [0.1, 0.15) is 0 Å². The molecule has 2 N–H and O–H groups in total. The largest absolute Gasteiger partial charge is 0.399 e. The van der Waals surface area contributed by atoms with E-state index < -0.39 is 0 Å². The Morgan fingerprint density at radius 1 is 1.05 bits per heavy atom. The standard InChI is InChI=1S/C15H13ClN2S/c16-12-2-1-3-13-15(12)19-14(18-13)9-6-10-4-7-11(17)8-5-10/h1-5,7-8H,6,9,17H2. The monoisotopic (exact) mass is 288 g/mol. The van der Waals surface area contributed by atoms with Gasteiger partial charge in [-0.25, -0.2) is 4.98 Å². The van der Waals surface area contributed by atoms with Crippen molar-refractivity contribution in [2.45, 2.75) is 12.8 Å². The average molecular weight is 289 g/mol. The van der Waals surface area contributed by atoms with E-state index >= 15 is 0 Å². The number of rotatable bonds is 3. The fourth-order valence-corrected chi connectivity index (χ4v) is 3.26. The minimum Gasteiger partial charge on any atom is -0.399 e. The molecule has 4 heteroatoms. The zero-order chi connectivity index (χ0) is 13.2. The van der Waals surface area contributed by atoms with Gasteiger partial charge >= 0.3 is 0 Å². The topological polar surface area (TPSA) is 38.9 Å². The van der Waals surface area contributed by atoms with Gasteiger partial charge in [0.25, 0.3) is 0 Å². The molecule has 0 radical (unpaired) electrons. The number of anilines is 1. The molecule has 19 heavy (non-hydrogen) atoms. The third-order valence-electron chi connectivity index (χ3n) is 3.02. The lowest BCUT2D eigenvalue weighted by Crippen LogP contribution is -1.91. The minimum atomic E-state index is 0.786. The van der Waals surface area contributed by atoms with Gasteiger partial charge in [-0.1, -0.05) is 29.8 Å². The molecule has 1 heterocycles. The van der Waals surface area contributed by atoms with Crippen molar-refractivity contribution in [1.82, 2.24) is 4.98 Å².